The first kappa shape index (κ1) is 11.1. The number of aryl methyl sites for hydroxylation is 1. The van der Waals surface area contributed by atoms with E-state index in [1.54, 1.807) is 6.20 Å². The number of hydrogen-bond donors (Lipinski definition) is 1. The molecule has 0 saturated carbocycles. The fourth-order valence-corrected chi connectivity index (χ4v) is 2.01. The van der Waals surface area contributed by atoms with Gasteiger partial charge >= 0.3 is 5.97 Å². The van der Waals surface area contributed by atoms with Gasteiger partial charge in [-0.25, -0.2) is 0 Å². The first-order valence-electron chi connectivity index (χ1n) is 5.55. The van der Waals surface area contributed by atoms with Gasteiger partial charge in [-0.1, -0.05) is 0 Å². The lowest BCUT2D eigenvalue weighted by Crippen LogP contribution is -2.33. The second-order valence-electron chi connectivity index (χ2n) is 3.96. The van der Waals surface area contributed by atoms with Gasteiger partial charge in [-0.05, 0) is 31.0 Å². The number of fused-ring (bicyclic) bond motifs is 1. The van der Waals surface area contributed by atoms with E-state index >= 15 is 0 Å². The summed E-state index contributed by atoms with van der Waals surface area (Å²) in [6, 6.07) is 2.02. The fraction of sp³-hybridized carbons (Fsp3) is 0.500. The van der Waals surface area contributed by atoms with Crippen LogP contribution in [0.1, 0.15) is 29.7 Å². The van der Waals surface area contributed by atoms with Gasteiger partial charge in [0.05, 0.1) is 12.5 Å². The smallest absolute Gasteiger partial charge is 0.314 e. The van der Waals surface area contributed by atoms with Gasteiger partial charge in [-0.3, -0.25) is 9.78 Å². The first-order valence-corrected chi connectivity index (χ1v) is 5.55. The molecular formula is C12H16N2O2. The summed E-state index contributed by atoms with van der Waals surface area (Å²) < 4.78 is 5.06. The SMILES string of the molecule is CCOC(=O)C1CNCc2cc(C)ncc21. The zero-order valence-electron chi connectivity index (χ0n) is 9.62. The molecule has 2 heterocycles. The second-order valence-corrected chi connectivity index (χ2v) is 3.96. The number of hydrogen-bond acceptors (Lipinski definition) is 4. The van der Waals surface area contributed by atoms with E-state index in [-0.39, 0.29) is 11.9 Å². The van der Waals surface area contributed by atoms with E-state index in [0.717, 1.165) is 23.4 Å². The van der Waals surface area contributed by atoms with Gasteiger partial charge in [0.15, 0.2) is 0 Å². The van der Waals surface area contributed by atoms with Crippen molar-refractivity contribution in [2.75, 3.05) is 13.2 Å². The molecule has 16 heavy (non-hydrogen) atoms. The predicted octanol–water partition coefficient (Wildman–Crippen LogP) is 1.14. The average Bonchev–Trinajstić information content (AvgIpc) is 2.28. The molecule has 1 aromatic heterocycles. The molecule has 1 aliphatic heterocycles. The monoisotopic (exact) mass is 220 g/mol. The summed E-state index contributed by atoms with van der Waals surface area (Å²) in [6.45, 7) is 5.63. The van der Waals surface area contributed by atoms with Gasteiger partial charge in [0, 0.05) is 25.0 Å². The van der Waals surface area contributed by atoms with Crippen molar-refractivity contribution in [1.82, 2.24) is 10.3 Å². The summed E-state index contributed by atoms with van der Waals surface area (Å²) in [4.78, 5) is 16.0. The molecule has 0 saturated heterocycles. The van der Waals surface area contributed by atoms with Gasteiger partial charge < -0.3 is 10.1 Å². The van der Waals surface area contributed by atoms with E-state index in [1.165, 1.54) is 0 Å². The summed E-state index contributed by atoms with van der Waals surface area (Å²) in [5, 5.41) is 3.23. The Kier molecular flexibility index (Phi) is 3.19. The summed E-state index contributed by atoms with van der Waals surface area (Å²) >= 11 is 0. The third kappa shape index (κ3) is 2.07. The first-order chi connectivity index (χ1) is 7.72. The topological polar surface area (TPSA) is 51.2 Å². The van der Waals surface area contributed by atoms with Crippen molar-refractivity contribution in [2.24, 2.45) is 0 Å². The van der Waals surface area contributed by atoms with Crippen molar-refractivity contribution in [3.8, 4) is 0 Å². The van der Waals surface area contributed by atoms with Crippen LogP contribution in [-0.2, 0) is 16.1 Å². The van der Waals surface area contributed by atoms with Crippen LogP contribution >= 0.6 is 0 Å². The molecule has 0 bridgehead atoms. The van der Waals surface area contributed by atoms with E-state index in [4.69, 9.17) is 4.74 Å². The van der Waals surface area contributed by atoms with E-state index in [1.807, 2.05) is 19.9 Å². The van der Waals surface area contributed by atoms with Crippen LogP contribution in [0, 0.1) is 6.92 Å². The fourth-order valence-electron chi connectivity index (χ4n) is 2.01. The number of ether oxygens (including phenoxy) is 1. The largest absolute Gasteiger partial charge is 0.465 e. The molecule has 4 nitrogen and oxygen atoms in total. The van der Waals surface area contributed by atoms with Crippen LogP contribution in [-0.4, -0.2) is 24.1 Å². The van der Waals surface area contributed by atoms with Crippen molar-refractivity contribution in [2.45, 2.75) is 26.3 Å². The number of carbonyl (C=O) groups is 1. The lowest BCUT2D eigenvalue weighted by atomic mass is 9.92. The van der Waals surface area contributed by atoms with Crippen LogP contribution in [0.2, 0.25) is 0 Å². The number of aromatic nitrogens is 1. The third-order valence-electron chi connectivity index (χ3n) is 2.77. The molecule has 1 atom stereocenters. The maximum Gasteiger partial charge on any atom is 0.314 e. The van der Waals surface area contributed by atoms with Gasteiger partial charge in [0.2, 0.25) is 0 Å². The van der Waals surface area contributed by atoms with Crippen LogP contribution in [0.15, 0.2) is 12.3 Å². The molecule has 0 radical (unpaired) electrons. The van der Waals surface area contributed by atoms with Gasteiger partial charge in [0.25, 0.3) is 0 Å². The highest BCUT2D eigenvalue weighted by Crippen LogP contribution is 2.24. The van der Waals surface area contributed by atoms with Crippen molar-refractivity contribution in [3.05, 3.63) is 29.1 Å². The van der Waals surface area contributed by atoms with Crippen LogP contribution in [0.5, 0.6) is 0 Å². The molecule has 0 amide bonds. The molecule has 0 aromatic carbocycles. The average molecular weight is 220 g/mol. The number of pyridine rings is 1. The number of carbonyl (C=O) groups excluding carboxylic acids is 1. The summed E-state index contributed by atoms with van der Waals surface area (Å²) in [6.07, 6.45) is 1.80. The summed E-state index contributed by atoms with van der Waals surface area (Å²) in [7, 11) is 0. The maximum absolute atomic E-state index is 11.8. The number of nitrogens with zero attached hydrogens (tertiary/aromatic N) is 1. The summed E-state index contributed by atoms with van der Waals surface area (Å²) in [5.74, 6) is -0.376. The Morgan fingerprint density at radius 1 is 1.69 bits per heavy atom. The van der Waals surface area contributed by atoms with Crippen molar-refractivity contribution in [3.63, 3.8) is 0 Å². The third-order valence-corrected chi connectivity index (χ3v) is 2.77. The van der Waals surface area contributed by atoms with Crippen molar-refractivity contribution in [1.29, 1.82) is 0 Å². The van der Waals surface area contributed by atoms with Crippen LogP contribution < -0.4 is 5.32 Å². The number of rotatable bonds is 2. The van der Waals surface area contributed by atoms with Crippen LogP contribution in [0.4, 0.5) is 0 Å². The maximum atomic E-state index is 11.8. The van der Waals surface area contributed by atoms with Gasteiger partial charge in [-0.15, -0.1) is 0 Å². The molecule has 4 heteroatoms. The lowest BCUT2D eigenvalue weighted by molar-refractivity contribution is -0.145. The quantitative estimate of drug-likeness (QED) is 0.759. The summed E-state index contributed by atoms with van der Waals surface area (Å²) in [5.41, 5.74) is 3.13. The van der Waals surface area contributed by atoms with E-state index in [2.05, 4.69) is 10.3 Å². The van der Waals surface area contributed by atoms with Crippen LogP contribution in [0.25, 0.3) is 0 Å². The minimum atomic E-state index is -0.211. The van der Waals surface area contributed by atoms with E-state index in [9.17, 15) is 4.79 Å². The molecule has 86 valence electrons. The van der Waals surface area contributed by atoms with Crippen LogP contribution in [0.3, 0.4) is 0 Å². The molecule has 1 unspecified atom stereocenters. The molecule has 0 aliphatic carbocycles. The minimum Gasteiger partial charge on any atom is -0.465 e. The highest BCUT2D eigenvalue weighted by atomic mass is 16.5. The number of esters is 1. The molecule has 2 rings (SSSR count). The molecular weight excluding hydrogens is 204 g/mol. The van der Waals surface area contributed by atoms with Crippen molar-refractivity contribution >= 4 is 5.97 Å². The zero-order chi connectivity index (χ0) is 11.5. The van der Waals surface area contributed by atoms with Crippen molar-refractivity contribution < 1.29 is 9.53 Å². The Bertz CT molecular complexity index is 404. The molecule has 1 N–H and O–H groups in total. The Hall–Kier alpha value is -1.42. The second kappa shape index (κ2) is 4.61. The van der Waals surface area contributed by atoms with E-state index < -0.39 is 0 Å². The van der Waals surface area contributed by atoms with E-state index in [0.29, 0.717) is 13.2 Å². The molecule has 0 fully saturated rings. The van der Waals surface area contributed by atoms with Gasteiger partial charge in [-0.2, -0.15) is 0 Å². The normalized spacial score (nSPS) is 19.0. The Morgan fingerprint density at radius 3 is 3.25 bits per heavy atom. The Labute approximate surface area is 95.0 Å². The Balaban J connectivity index is 2.29. The van der Waals surface area contributed by atoms with Gasteiger partial charge in [0.1, 0.15) is 0 Å². The molecule has 1 aromatic rings. The highest BCUT2D eigenvalue weighted by molar-refractivity contribution is 5.79. The highest BCUT2D eigenvalue weighted by Gasteiger charge is 2.27. The molecule has 0 spiro atoms. The zero-order valence-corrected chi connectivity index (χ0v) is 9.62. The lowest BCUT2D eigenvalue weighted by Gasteiger charge is -2.24. The predicted molar refractivity (Wildman–Crippen MR) is 60.1 cm³/mol. The standard InChI is InChI=1S/C12H16N2O2/c1-3-16-12(15)11-6-13-5-9-4-8(2)14-7-10(9)11/h4,7,11,13H,3,5-6H2,1-2H3. The minimum absolute atomic E-state index is 0.165. The number of nitrogens with one attached hydrogen (secondary N) is 1. The molecule has 1 aliphatic rings. The Morgan fingerprint density at radius 2 is 2.50 bits per heavy atom.